The summed E-state index contributed by atoms with van der Waals surface area (Å²) in [6.45, 7) is 4.27. The minimum absolute atomic E-state index is 0.103. The quantitative estimate of drug-likeness (QED) is 0.283. The molecule has 0 saturated carbocycles. The first-order valence-corrected chi connectivity index (χ1v) is 11.6. The van der Waals surface area contributed by atoms with Gasteiger partial charge in [-0.1, -0.05) is 44.2 Å². The third-order valence-electron chi connectivity index (χ3n) is 5.47. The standard InChI is InChI=1S/C24H17F3N3O3.C2H6.CH4O/c25-24(26,27)18-10-8-16(9-11-18)20-21(28-22(33-20)17-5-2-1-3-6-17)29-14-12-15-7-4-13-30(32)19(15)23(29)31;2*1-2/h1-11,13,32H,12,14H2;1-2H3;2H,1H3/q+1;;. The predicted molar refractivity (Wildman–Crippen MR) is 131 cm³/mol. The van der Waals surface area contributed by atoms with Crippen LogP contribution in [0.5, 0.6) is 0 Å². The Kier molecular flexibility index (Phi) is 8.67. The van der Waals surface area contributed by atoms with Crippen molar-refractivity contribution in [3.8, 4) is 22.8 Å². The third kappa shape index (κ3) is 5.64. The molecule has 3 heterocycles. The second-order valence-electron chi connectivity index (χ2n) is 7.55. The fourth-order valence-electron chi connectivity index (χ4n) is 3.84. The molecule has 1 aliphatic rings. The first-order chi connectivity index (χ1) is 17.8. The maximum atomic E-state index is 13.3. The van der Waals surface area contributed by atoms with Crippen molar-refractivity contribution in [3.05, 3.63) is 89.7 Å². The van der Waals surface area contributed by atoms with Crippen LogP contribution in [-0.2, 0) is 12.6 Å². The number of pyridine rings is 1. The monoisotopic (exact) mass is 514 g/mol. The number of halogens is 3. The Balaban J connectivity index is 0.000000907. The summed E-state index contributed by atoms with van der Waals surface area (Å²) in [7, 11) is 1.00. The number of alkyl halides is 3. The molecule has 4 aromatic rings. The lowest BCUT2D eigenvalue weighted by atomic mass is 10.0. The van der Waals surface area contributed by atoms with Crippen LogP contribution in [0.2, 0.25) is 0 Å². The van der Waals surface area contributed by atoms with Gasteiger partial charge in [-0.3, -0.25) is 14.9 Å². The first-order valence-electron chi connectivity index (χ1n) is 11.6. The van der Waals surface area contributed by atoms with E-state index in [1.165, 1.54) is 23.2 Å². The van der Waals surface area contributed by atoms with E-state index >= 15 is 0 Å². The number of nitrogens with zero attached hydrogens (tertiary/aromatic N) is 3. The number of amides is 1. The predicted octanol–water partition coefficient (Wildman–Crippen LogP) is 5.39. The van der Waals surface area contributed by atoms with E-state index in [1.807, 2.05) is 19.9 Å². The summed E-state index contributed by atoms with van der Waals surface area (Å²) in [6, 6.07) is 16.9. The zero-order valence-electron chi connectivity index (χ0n) is 20.5. The van der Waals surface area contributed by atoms with Gasteiger partial charge in [0, 0.05) is 41.1 Å². The number of oxazole rings is 1. The molecule has 7 nitrogen and oxygen atoms in total. The number of aromatic nitrogens is 2. The highest BCUT2D eigenvalue weighted by molar-refractivity contribution is 6.07. The van der Waals surface area contributed by atoms with Crippen molar-refractivity contribution in [2.75, 3.05) is 18.6 Å². The van der Waals surface area contributed by atoms with Crippen molar-refractivity contribution in [3.63, 3.8) is 0 Å². The molecule has 2 N–H and O–H groups in total. The summed E-state index contributed by atoms with van der Waals surface area (Å²) in [5.74, 6) is 0.0809. The van der Waals surface area contributed by atoms with Gasteiger partial charge in [0.25, 0.3) is 0 Å². The molecule has 0 radical (unpaired) electrons. The van der Waals surface area contributed by atoms with Gasteiger partial charge in [-0.15, -0.1) is 0 Å². The molecular weight excluding hydrogens is 487 g/mol. The number of aliphatic hydroxyl groups is 1. The maximum Gasteiger partial charge on any atom is 0.416 e. The number of carbonyl (C=O) groups is 1. The maximum absolute atomic E-state index is 13.3. The molecule has 0 spiro atoms. The van der Waals surface area contributed by atoms with Crippen LogP contribution in [0.1, 0.15) is 35.5 Å². The highest BCUT2D eigenvalue weighted by Gasteiger charge is 2.38. The molecule has 0 fully saturated rings. The first kappa shape index (κ1) is 27.4. The number of hydrogen-bond donors (Lipinski definition) is 2. The van der Waals surface area contributed by atoms with Crippen molar-refractivity contribution in [1.29, 1.82) is 0 Å². The smallest absolute Gasteiger partial charge is 0.416 e. The Morgan fingerprint density at radius 2 is 1.59 bits per heavy atom. The number of aliphatic hydroxyl groups excluding tert-OH is 1. The van der Waals surface area contributed by atoms with E-state index in [0.29, 0.717) is 23.1 Å². The largest absolute Gasteiger partial charge is 0.434 e. The highest BCUT2D eigenvalue weighted by Crippen LogP contribution is 2.38. The number of carbonyl (C=O) groups excluding carboxylic acids is 1. The van der Waals surface area contributed by atoms with E-state index < -0.39 is 17.6 Å². The van der Waals surface area contributed by atoms with Crippen molar-refractivity contribution in [2.24, 2.45) is 0 Å². The number of hydrogen-bond acceptors (Lipinski definition) is 5. The van der Waals surface area contributed by atoms with Gasteiger partial charge < -0.3 is 9.52 Å². The highest BCUT2D eigenvalue weighted by atomic mass is 19.4. The molecular formula is C27H27F3N3O4+. The van der Waals surface area contributed by atoms with Crippen LogP contribution in [0.15, 0.2) is 77.3 Å². The van der Waals surface area contributed by atoms with E-state index in [0.717, 1.165) is 24.0 Å². The molecule has 2 aromatic heterocycles. The van der Waals surface area contributed by atoms with Gasteiger partial charge in [0.2, 0.25) is 12.1 Å². The minimum Gasteiger partial charge on any atom is -0.434 e. The van der Waals surface area contributed by atoms with E-state index in [1.54, 1.807) is 36.4 Å². The van der Waals surface area contributed by atoms with Crippen LogP contribution in [0.25, 0.3) is 22.8 Å². The van der Waals surface area contributed by atoms with Crippen LogP contribution >= 0.6 is 0 Å². The van der Waals surface area contributed by atoms with Crippen LogP contribution < -0.4 is 9.63 Å². The van der Waals surface area contributed by atoms with Gasteiger partial charge in [-0.05, 0) is 36.8 Å². The molecule has 37 heavy (non-hydrogen) atoms. The van der Waals surface area contributed by atoms with Crippen molar-refractivity contribution < 1.29 is 37.4 Å². The zero-order valence-corrected chi connectivity index (χ0v) is 20.5. The average Bonchev–Trinajstić information content (AvgIpc) is 3.36. The Labute approximate surface area is 212 Å². The average molecular weight is 515 g/mol. The molecule has 10 heteroatoms. The molecule has 1 aliphatic heterocycles. The van der Waals surface area contributed by atoms with Crippen LogP contribution in [-0.4, -0.2) is 34.9 Å². The lowest BCUT2D eigenvalue weighted by Crippen LogP contribution is -2.48. The van der Waals surface area contributed by atoms with Crippen LogP contribution in [0, 0.1) is 0 Å². The minimum atomic E-state index is -4.47. The van der Waals surface area contributed by atoms with Gasteiger partial charge in [0.15, 0.2) is 11.6 Å². The lowest BCUT2D eigenvalue weighted by Gasteiger charge is -2.24. The topological polar surface area (TPSA) is 90.7 Å². The van der Waals surface area contributed by atoms with Crippen LogP contribution in [0.4, 0.5) is 19.0 Å². The SMILES string of the molecule is CC.CO.O=C1c2c(ccc[n+]2O)CCN1c1nc(-c2ccccc2)oc1-c1ccc(C(F)(F)F)cc1. The third-order valence-corrected chi connectivity index (χ3v) is 5.47. The lowest BCUT2D eigenvalue weighted by molar-refractivity contribution is -0.906. The molecule has 0 bridgehead atoms. The number of rotatable bonds is 3. The van der Waals surface area contributed by atoms with Gasteiger partial charge in [-0.25, -0.2) is 0 Å². The van der Waals surface area contributed by atoms with Crippen molar-refractivity contribution in [1.82, 2.24) is 4.98 Å². The molecule has 5 rings (SSSR count). The number of fused-ring (bicyclic) bond motifs is 1. The fraction of sp³-hybridized carbons (Fsp3) is 0.222. The van der Waals surface area contributed by atoms with E-state index in [-0.39, 0.29) is 29.7 Å². The summed E-state index contributed by atoms with van der Waals surface area (Å²) < 4.78 is 45.8. The molecule has 194 valence electrons. The van der Waals surface area contributed by atoms with Gasteiger partial charge >= 0.3 is 17.8 Å². The second-order valence-corrected chi connectivity index (χ2v) is 7.55. The van der Waals surface area contributed by atoms with Crippen molar-refractivity contribution >= 4 is 11.7 Å². The Bertz CT molecular complexity index is 1340. The van der Waals surface area contributed by atoms with Crippen molar-refractivity contribution in [2.45, 2.75) is 26.4 Å². The fourth-order valence-corrected chi connectivity index (χ4v) is 3.84. The summed E-state index contributed by atoms with van der Waals surface area (Å²) in [6.07, 6.45) is -2.66. The molecule has 1 amide bonds. The molecule has 0 unspecified atom stereocenters. The van der Waals surface area contributed by atoms with E-state index in [2.05, 4.69) is 4.98 Å². The van der Waals surface area contributed by atoms with Gasteiger partial charge in [0.1, 0.15) is 0 Å². The molecule has 0 saturated heterocycles. The normalized spacial score (nSPS) is 12.6. The van der Waals surface area contributed by atoms with Crippen LogP contribution in [0.3, 0.4) is 0 Å². The molecule has 0 aliphatic carbocycles. The molecule has 0 atom stereocenters. The number of benzene rings is 2. The summed E-state index contributed by atoms with van der Waals surface area (Å²) in [4.78, 5) is 19.2. The Morgan fingerprint density at radius 1 is 0.946 bits per heavy atom. The van der Waals surface area contributed by atoms with Gasteiger partial charge in [-0.2, -0.15) is 18.2 Å². The van der Waals surface area contributed by atoms with E-state index in [4.69, 9.17) is 9.52 Å². The summed E-state index contributed by atoms with van der Waals surface area (Å²) in [5, 5.41) is 17.2. The second kappa shape index (κ2) is 11.7. The van der Waals surface area contributed by atoms with E-state index in [9.17, 15) is 23.2 Å². The summed E-state index contributed by atoms with van der Waals surface area (Å²) >= 11 is 0. The summed E-state index contributed by atoms with van der Waals surface area (Å²) in [5.41, 5.74) is 0.991. The Hall–Kier alpha value is -4.18. The Morgan fingerprint density at radius 3 is 2.22 bits per heavy atom. The van der Waals surface area contributed by atoms with Gasteiger partial charge in [0.05, 0.1) is 5.56 Å². The zero-order chi connectivity index (χ0) is 27.2. The number of anilines is 1. The molecule has 2 aromatic carbocycles.